The molecular formula is C12H15ClN2O2. The van der Waals surface area contributed by atoms with Gasteiger partial charge < -0.3 is 4.74 Å². The number of nitrogens with zero attached hydrogens (tertiary/aromatic N) is 1. The molecule has 0 aliphatic carbocycles. The molecule has 0 aliphatic rings. The van der Waals surface area contributed by atoms with E-state index in [1.54, 1.807) is 26.0 Å². The van der Waals surface area contributed by atoms with Crippen LogP contribution in [0.5, 0.6) is 0 Å². The van der Waals surface area contributed by atoms with Gasteiger partial charge in [-0.1, -0.05) is 11.6 Å². The monoisotopic (exact) mass is 254 g/mol. The quantitative estimate of drug-likeness (QED) is 0.511. The van der Waals surface area contributed by atoms with Crippen LogP contribution in [0.25, 0.3) is 0 Å². The number of esters is 1. The van der Waals surface area contributed by atoms with Crippen molar-refractivity contribution in [1.29, 1.82) is 0 Å². The van der Waals surface area contributed by atoms with Gasteiger partial charge in [-0.2, -0.15) is 5.10 Å². The fourth-order valence-corrected chi connectivity index (χ4v) is 1.40. The molecule has 0 spiro atoms. The van der Waals surface area contributed by atoms with Crippen molar-refractivity contribution in [3.8, 4) is 0 Å². The van der Waals surface area contributed by atoms with Crippen molar-refractivity contribution in [2.75, 3.05) is 12.0 Å². The van der Waals surface area contributed by atoms with Gasteiger partial charge >= 0.3 is 5.97 Å². The van der Waals surface area contributed by atoms with Crippen molar-refractivity contribution in [1.82, 2.24) is 0 Å². The molecule has 92 valence electrons. The Kier molecular flexibility index (Phi) is 4.97. The van der Waals surface area contributed by atoms with Gasteiger partial charge in [0.2, 0.25) is 0 Å². The van der Waals surface area contributed by atoms with Crippen LogP contribution in [0.2, 0.25) is 5.02 Å². The molecule has 0 amide bonds. The van der Waals surface area contributed by atoms with Crippen LogP contribution in [0.1, 0.15) is 19.4 Å². The van der Waals surface area contributed by atoms with Crippen molar-refractivity contribution < 1.29 is 9.53 Å². The average molecular weight is 255 g/mol. The molecule has 0 heterocycles. The van der Waals surface area contributed by atoms with Gasteiger partial charge in [-0.3, -0.25) is 5.43 Å². The van der Waals surface area contributed by atoms with Gasteiger partial charge in [-0.05, 0) is 44.5 Å². The van der Waals surface area contributed by atoms with Crippen LogP contribution in [0.4, 0.5) is 5.69 Å². The van der Waals surface area contributed by atoms with E-state index < -0.39 is 5.97 Å². The molecule has 4 nitrogen and oxygen atoms in total. The maximum Gasteiger partial charge on any atom is 0.354 e. The van der Waals surface area contributed by atoms with E-state index in [2.05, 4.69) is 10.5 Å². The lowest BCUT2D eigenvalue weighted by Gasteiger charge is -2.06. The summed E-state index contributed by atoms with van der Waals surface area (Å²) in [7, 11) is 0. The molecule has 5 heteroatoms. The summed E-state index contributed by atoms with van der Waals surface area (Å²) in [4.78, 5) is 11.3. The largest absolute Gasteiger partial charge is 0.461 e. The number of hydrogen-bond donors (Lipinski definition) is 1. The fraction of sp³-hybridized carbons (Fsp3) is 0.333. The summed E-state index contributed by atoms with van der Waals surface area (Å²) in [5, 5.41) is 4.62. The molecule has 0 saturated carbocycles. The maximum atomic E-state index is 11.3. The van der Waals surface area contributed by atoms with E-state index >= 15 is 0 Å². The predicted octanol–water partition coefficient (Wildman–Crippen LogP) is 3.00. The summed E-state index contributed by atoms with van der Waals surface area (Å²) in [6.45, 7) is 5.59. The molecule has 17 heavy (non-hydrogen) atoms. The SMILES string of the molecule is CCOC(=O)/C(C)=N\Nc1ccc(Cl)cc1C. The van der Waals surface area contributed by atoms with Gasteiger partial charge in [-0.15, -0.1) is 0 Å². The number of rotatable bonds is 4. The lowest BCUT2D eigenvalue weighted by molar-refractivity contribution is -0.135. The summed E-state index contributed by atoms with van der Waals surface area (Å²) in [5.74, 6) is -0.424. The Morgan fingerprint density at radius 3 is 2.82 bits per heavy atom. The number of aryl methyl sites for hydroxylation is 1. The number of anilines is 1. The predicted molar refractivity (Wildman–Crippen MR) is 69.6 cm³/mol. The van der Waals surface area contributed by atoms with Crippen LogP contribution >= 0.6 is 11.6 Å². The highest BCUT2D eigenvalue weighted by Crippen LogP contribution is 2.19. The minimum atomic E-state index is -0.424. The van der Waals surface area contributed by atoms with Crippen molar-refractivity contribution in [3.05, 3.63) is 28.8 Å². The first-order chi connectivity index (χ1) is 8.04. The molecule has 1 aromatic rings. The van der Waals surface area contributed by atoms with E-state index in [0.29, 0.717) is 11.6 Å². The number of ether oxygens (including phenoxy) is 1. The van der Waals surface area contributed by atoms with Crippen molar-refractivity contribution in [2.24, 2.45) is 5.10 Å². The Bertz CT molecular complexity index is 444. The number of hydrazone groups is 1. The molecule has 0 aromatic heterocycles. The lowest BCUT2D eigenvalue weighted by Crippen LogP contribution is -2.15. The van der Waals surface area contributed by atoms with E-state index in [9.17, 15) is 4.79 Å². The van der Waals surface area contributed by atoms with E-state index in [0.717, 1.165) is 11.3 Å². The van der Waals surface area contributed by atoms with Crippen LogP contribution in [0.15, 0.2) is 23.3 Å². The number of halogens is 1. The summed E-state index contributed by atoms with van der Waals surface area (Å²) in [6.07, 6.45) is 0. The minimum Gasteiger partial charge on any atom is -0.461 e. The molecular weight excluding hydrogens is 240 g/mol. The van der Waals surface area contributed by atoms with Gasteiger partial charge in [0, 0.05) is 5.02 Å². The Morgan fingerprint density at radius 1 is 1.53 bits per heavy atom. The molecule has 0 bridgehead atoms. The number of benzene rings is 1. The van der Waals surface area contributed by atoms with Gasteiger partial charge in [0.05, 0.1) is 12.3 Å². The Hall–Kier alpha value is -1.55. The zero-order valence-corrected chi connectivity index (χ0v) is 10.8. The molecule has 1 N–H and O–H groups in total. The van der Waals surface area contributed by atoms with Gasteiger partial charge in [0.25, 0.3) is 0 Å². The average Bonchev–Trinajstić information content (AvgIpc) is 2.27. The summed E-state index contributed by atoms with van der Waals surface area (Å²) >= 11 is 5.83. The van der Waals surface area contributed by atoms with Crippen LogP contribution < -0.4 is 5.43 Å². The minimum absolute atomic E-state index is 0.279. The maximum absolute atomic E-state index is 11.3. The van der Waals surface area contributed by atoms with Crippen LogP contribution in [0.3, 0.4) is 0 Å². The van der Waals surface area contributed by atoms with Crippen LogP contribution in [0, 0.1) is 6.92 Å². The second-order valence-corrected chi connectivity index (χ2v) is 3.93. The molecule has 1 rings (SSSR count). The Morgan fingerprint density at radius 2 is 2.24 bits per heavy atom. The zero-order chi connectivity index (χ0) is 12.8. The van der Waals surface area contributed by atoms with Crippen LogP contribution in [-0.2, 0) is 9.53 Å². The van der Waals surface area contributed by atoms with E-state index in [-0.39, 0.29) is 5.71 Å². The van der Waals surface area contributed by atoms with E-state index in [4.69, 9.17) is 16.3 Å². The highest BCUT2D eigenvalue weighted by Gasteiger charge is 2.06. The van der Waals surface area contributed by atoms with Crippen LogP contribution in [-0.4, -0.2) is 18.3 Å². The number of carbonyl (C=O) groups excluding carboxylic acids is 1. The summed E-state index contributed by atoms with van der Waals surface area (Å²) in [5.41, 5.74) is 4.85. The van der Waals surface area contributed by atoms with Crippen molar-refractivity contribution in [3.63, 3.8) is 0 Å². The first-order valence-corrected chi connectivity index (χ1v) is 5.66. The fourth-order valence-electron chi connectivity index (χ4n) is 1.18. The summed E-state index contributed by atoms with van der Waals surface area (Å²) in [6, 6.07) is 5.38. The molecule has 0 unspecified atom stereocenters. The normalized spacial score (nSPS) is 11.2. The summed E-state index contributed by atoms with van der Waals surface area (Å²) < 4.78 is 4.81. The lowest BCUT2D eigenvalue weighted by atomic mass is 10.2. The molecule has 0 aliphatic heterocycles. The molecule has 0 saturated heterocycles. The number of hydrogen-bond acceptors (Lipinski definition) is 4. The van der Waals surface area contributed by atoms with E-state index in [1.807, 2.05) is 13.0 Å². The molecule has 1 aromatic carbocycles. The Balaban J connectivity index is 2.72. The molecule has 0 fully saturated rings. The number of nitrogens with one attached hydrogen (secondary N) is 1. The highest BCUT2D eigenvalue weighted by molar-refractivity contribution is 6.35. The Labute approximate surface area is 106 Å². The third-order valence-corrected chi connectivity index (χ3v) is 2.34. The van der Waals surface area contributed by atoms with E-state index in [1.165, 1.54) is 0 Å². The first-order valence-electron chi connectivity index (χ1n) is 5.28. The molecule has 0 atom stereocenters. The smallest absolute Gasteiger partial charge is 0.354 e. The van der Waals surface area contributed by atoms with Gasteiger partial charge in [-0.25, -0.2) is 4.79 Å². The second kappa shape index (κ2) is 6.25. The van der Waals surface area contributed by atoms with Crippen molar-refractivity contribution in [2.45, 2.75) is 20.8 Å². The third-order valence-electron chi connectivity index (χ3n) is 2.10. The molecule has 0 radical (unpaired) electrons. The zero-order valence-electron chi connectivity index (χ0n) is 10.1. The topological polar surface area (TPSA) is 50.7 Å². The van der Waals surface area contributed by atoms with Gasteiger partial charge in [0.15, 0.2) is 0 Å². The first kappa shape index (κ1) is 13.5. The third kappa shape index (κ3) is 4.07. The standard InChI is InChI=1S/C12H15ClN2O2/c1-4-17-12(16)9(3)14-15-11-6-5-10(13)7-8(11)2/h5-7,15H,4H2,1-3H3/b14-9-. The van der Waals surface area contributed by atoms with Crippen molar-refractivity contribution >= 4 is 29.0 Å². The van der Waals surface area contributed by atoms with Gasteiger partial charge in [0.1, 0.15) is 5.71 Å². The number of carbonyl (C=O) groups is 1. The second-order valence-electron chi connectivity index (χ2n) is 3.49. The highest BCUT2D eigenvalue weighted by atomic mass is 35.5.